The minimum absolute atomic E-state index is 0.334. The molecule has 1 heterocycles. The van der Waals surface area contributed by atoms with E-state index >= 15 is 0 Å². The summed E-state index contributed by atoms with van der Waals surface area (Å²) >= 11 is 1.73. The fourth-order valence-electron chi connectivity index (χ4n) is 1.14. The van der Waals surface area contributed by atoms with E-state index < -0.39 is 0 Å². The second-order valence-corrected chi connectivity index (χ2v) is 3.82. The smallest absolute Gasteiger partial charge is 0.231 e. The first-order valence-corrected chi connectivity index (χ1v) is 5.11. The highest BCUT2D eigenvalue weighted by molar-refractivity contribution is 7.99. The normalized spacial score (nSPS) is 13.3. The molecule has 0 spiro atoms. The van der Waals surface area contributed by atoms with Crippen LogP contribution in [0.5, 0.6) is 11.5 Å². The molecule has 0 radical (unpaired) electrons. The summed E-state index contributed by atoms with van der Waals surface area (Å²) in [4.78, 5) is 1.18. The van der Waals surface area contributed by atoms with E-state index in [9.17, 15) is 0 Å². The van der Waals surface area contributed by atoms with Crippen LogP contribution in [0.2, 0.25) is 0 Å². The first-order chi connectivity index (χ1) is 6.40. The van der Waals surface area contributed by atoms with Gasteiger partial charge in [-0.2, -0.15) is 0 Å². The lowest BCUT2D eigenvalue weighted by molar-refractivity contribution is 0.174. The van der Waals surface area contributed by atoms with Crippen molar-refractivity contribution in [1.82, 2.24) is 0 Å². The van der Waals surface area contributed by atoms with Crippen molar-refractivity contribution in [3.8, 4) is 11.5 Å². The fraction of sp³-hybridized carbons (Fsp3) is 0.333. The molecule has 13 heavy (non-hydrogen) atoms. The van der Waals surface area contributed by atoms with E-state index in [2.05, 4.69) is 0 Å². The minimum atomic E-state index is 0.334. The molecule has 1 aromatic rings. The molecule has 0 atom stereocenters. The van der Waals surface area contributed by atoms with E-state index in [1.807, 2.05) is 18.2 Å². The number of thioether (sulfide) groups is 1. The molecule has 0 saturated carbocycles. The lowest BCUT2D eigenvalue weighted by Gasteiger charge is -2.00. The second-order valence-electron chi connectivity index (χ2n) is 2.65. The first kappa shape index (κ1) is 8.72. The number of hydrogen-bond acceptors (Lipinski definition) is 4. The van der Waals surface area contributed by atoms with Crippen molar-refractivity contribution in [1.29, 1.82) is 0 Å². The quantitative estimate of drug-likeness (QED) is 0.745. The van der Waals surface area contributed by atoms with Gasteiger partial charge in [-0.15, -0.1) is 11.8 Å². The lowest BCUT2D eigenvalue weighted by Crippen LogP contribution is -2.00. The third-order valence-electron chi connectivity index (χ3n) is 1.73. The molecule has 1 aliphatic heterocycles. The Bertz CT molecular complexity index is 304. The van der Waals surface area contributed by atoms with E-state index in [0.29, 0.717) is 13.3 Å². The van der Waals surface area contributed by atoms with Gasteiger partial charge in [-0.25, -0.2) is 0 Å². The number of benzene rings is 1. The highest BCUT2D eigenvalue weighted by Gasteiger charge is 2.12. The molecule has 0 bridgehead atoms. The van der Waals surface area contributed by atoms with Crippen molar-refractivity contribution in [3.63, 3.8) is 0 Å². The number of fused-ring (bicyclic) bond motifs is 1. The highest BCUT2D eigenvalue weighted by atomic mass is 32.2. The largest absolute Gasteiger partial charge is 0.454 e. The monoisotopic (exact) mass is 197 g/mol. The average Bonchev–Trinajstić information content (AvgIpc) is 2.61. The van der Waals surface area contributed by atoms with Crippen LogP contribution in [0.1, 0.15) is 0 Å². The van der Waals surface area contributed by atoms with Gasteiger partial charge < -0.3 is 15.2 Å². The SMILES string of the molecule is NCCSc1ccc2c(c1)OCO2. The maximum atomic E-state index is 5.41. The fourth-order valence-corrected chi connectivity index (χ4v) is 1.85. The molecule has 0 unspecified atom stereocenters. The number of rotatable bonds is 3. The molecule has 2 rings (SSSR count). The van der Waals surface area contributed by atoms with Crippen LogP contribution in [-0.2, 0) is 0 Å². The first-order valence-electron chi connectivity index (χ1n) is 4.12. The molecule has 0 saturated heterocycles. The topological polar surface area (TPSA) is 44.5 Å². The third kappa shape index (κ3) is 1.89. The molecule has 0 aliphatic carbocycles. The number of ether oxygens (including phenoxy) is 2. The van der Waals surface area contributed by atoms with Gasteiger partial charge in [0, 0.05) is 17.2 Å². The zero-order valence-electron chi connectivity index (χ0n) is 7.16. The lowest BCUT2D eigenvalue weighted by atomic mass is 10.3. The Morgan fingerprint density at radius 2 is 2.15 bits per heavy atom. The molecule has 0 amide bonds. The van der Waals surface area contributed by atoms with Crippen molar-refractivity contribution < 1.29 is 9.47 Å². The van der Waals surface area contributed by atoms with E-state index in [-0.39, 0.29) is 0 Å². The minimum Gasteiger partial charge on any atom is -0.454 e. The van der Waals surface area contributed by atoms with E-state index in [1.165, 1.54) is 4.90 Å². The molecule has 70 valence electrons. The van der Waals surface area contributed by atoms with Crippen LogP contribution < -0.4 is 15.2 Å². The summed E-state index contributed by atoms with van der Waals surface area (Å²) in [6.45, 7) is 1.03. The number of nitrogens with two attached hydrogens (primary N) is 1. The molecule has 0 fully saturated rings. The zero-order chi connectivity index (χ0) is 9.10. The maximum absolute atomic E-state index is 5.41. The Labute approximate surface area is 81.2 Å². The predicted octanol–water partition coefficient (Wildman–Crippen LogP) is 1.47. The van der Waals surface area contributed by atoms with Crippen LogP contribution >= 0.6 is 11.8 Å². The average molecular weight is 197 g/mol. The number of hydrogen-bond donors (Lipinski definition) is 1. The van der Waals surface area contributed by atoms with Gasteiger partial charge in [0.25, 0.3) is 0 Å². The molecule has 1 aliphatic rings. The van der Waals surface area contributed by atoms with Gasteiger partial charge in [0.1, 0.15) is 0 Å². The summed E-state index contributed by atoms with van der Waals surface area (Å²) in [5.41, 5.74) is 5.41. The Kier molecular flexibility index (Phi) is 2.61. The summed E-state index contributed by atoms with van der Waals surface area (Å²) in [7, 11) is 0. The van der Waals surface area contributed by atoms with Crippen molar-refractivity contribution >= 4 is 11.8 Å². The Morgan fingerprint density at radius 3 is 3.00 bits per heavy atom. The third-order valence-corrected chi connectivity index (χ3v) is 2.76. The van der Waals surface area contributed by atoms with Crippen LogP contribution in [0, 0.1) is 0 Å². The molecule has 0 aromatic heterocycles. The van der Waals surface area contributed by atoms with E-state index in [1.54, 1.807) is 11.8 Å². The van der Waals surface area contributed by atoms with Gasteiger partial charge in [-0.1, -0.05) is 0 Å². The maximum Gasteiger partial charge on any atom is 0.231 e. The summed E-state index contributed by atoms with van der Waals surface area (Å²) in [5.74, 6) is 2.60. The molecular weight excluding hydrogens is 186 g/mol. The van der Waals surface area contributed by atoms with Crippen molar-refractivity contribution in [3.05, 3.63) is 18.2 Å². The van der Waals surface area contributed by atoms with Gasteiger partial charge >= 0.3 is 0 Å². The molecule has 2 N–H and O–H groups in total. The van der Waals surface area contributed by atoms with Gasteiger partial charge in [0.2, 0.25) is 6.79 Å². The standard InChI is InChI=1S/C9H11NO2S/c10-3-4-13-7-1-2-8-9(5-7)12-6-11-8/h1-2,5H,3-4,6,10H2. The summed E-state index contributed by atoms with van der Waals surface area (Å²) < 4.78 is 10.5. The van der Waals surface area contributed by atoms with Crippen LogP contribution in [0.3, 0.4) is 0 Å². The summed E-state index contributed by atoms with van der Waals surface area (Å²) in [6.07, 6.45) is 0. The zero-order valence-corrected chi connectivity index (χ0v) is 7.97. The Balaban J connectivity index is 2.12. The van der Waals surface area contributed by atoms with Crippen LogP contribution in [0.4, 0.5) is 0 Å². The van der Waals surface area contributed by atoms with Gasteiger partial charge in [-0.3, -0.25) is 0 Å². The van der Waals surface area contributed by atoms with Crippen LogP contribution in [0.25, 0.3) is 0 Å². The molecule has 1 aromatic carbocycles. The van der Waals surface area contributed by atoms with Gasteiger partial charge in [-0.05, 0) is 18.2 Å². The van der Waals surface area contributed by atoms with Crippen LogP contribution in [0.15, 0.2) is 23.1 Å². The summed E-state index contributed by atoms with van der Waals surface area (Å²) in [6, 6.07) is 5.94. The Hall–Kier alpha value is -0.870. The molecule has 4 heteroatoms. The second kappa shape index (κ2) is 3.89. The van der Waals surface area contributed by atoms with Gasteiger partial charge in [0.05, 0.1) is 0 Å². The molecule has 3 nitrogen and oxygen atoms in total. The Morgan fingerprint density at radius 1 is 1.31 bits per heavy atom. The van der Waals surface area contributed by atoms with Gasteiger partial charge in [0.15, 0.2) is 11.5 Å². The van der Waals surface area contributed by atoms with E-state index in [0.717, 1.165) is 17.3 Å². The highest BCUT2D eigenvalue weighted by Crippen LogP contribution is 2.35. The van der Waals surface area contributed by atoms with Crippen molar-refractivity contribution in [2.45, 2.75) is 4.90 Å². The predicted molar refractivity (Wildman–Crippen MR) is 52.3 cm³/mol. The van der Waals surface area contributed by atoms with Crippen molar-refractivity contribution in [2.24, 2.45) is 5.73 Å². The van der Waals surface area contributed by atoms with E-state index in [4.69, 9.17) is 15.2 Å². The summed E-state index contributed by atoms with van der Waals surface area (Å²) in [5, 5.41) is 0. The van der Waals surface area contributed by atoms with Crippen LogP contribution in [-0.4, -0.2) is 19.1 Å². The molecular formula is C9H11NO2S. The van der Waals surface area contributed by atoms with Crippen molar-refractivity contribution in [2.75, 3.05) is 19.1 Å².